The monoisotopic (exact) mass is 375 g/mol. The second-order valence-corrected chi connectivity index (χ2v) is 6.91. The minimum atomic E-state index is -0.336. The number of hydrogen-bond donors (Lipinski definition) is 3. The third-order valence-electron chi connectivity index (χ3n) is 4.85. The van der Waals surface area contributed by atoms with Crippen LogP contribution in [0.4, 0.5) is 5.82 Å². The SMILES string of the molecule is O=C(Cc1c(-c2cnc[nH]2)oc2ccccc2c1=O)Nc1cc(C2CC2)[nH]n1. The third-order valence-corrected chi connectivity index (χ3v) is 4.85. The lowest BCUT2D eigenvalue weighted by molar-refractivity contribution is -0.115. The zero-order chi connectivity index (χ0) is 19.1. The largest absolute Gasteiger partial charge is 0.454 e. The maximum Gasteiger partial charge on any atom is 0.230 e. The second kappa shape index (κ2) is 6.49. The van der Waals surface area contributed by atoms with Crippen molar-refractivity contribution in [2.24, 2.45) is 0 Å². The average molecular weight is 375 g/mol. The first-order valence-electron chi connectivity index (χ1n) is 9.07. The molecule has 1 fully saturated rings. The van der Waals surface area contributed by atoms with Gasteiger partial charge in [0.15, 0.2) is 17.0 Å². The lowest BCUT2D eigenvalue weighted by Crippen LogP contribution is -2.21. The highest BCUT2D eigenvalue weighted by molar-refractivity contribution is 5.93. The molecule has 3 aromatic heterocycles. The van der Waals surface area contributed by atoms with Gasteiger partial charge in [-0.25, -0.2) is 4.98 Å². The number of carbonyl (C=O) groups is 1. The van der Waals surface area contributed by atoms with E-state index in [-0.39, 0.29) is 23.3 Å². The number of fused-ring (bicyclic) bond motifs is 1. The Hall–Kier alpha value is -3.68. The first kappa shape index (κ1) is 16.5. The molecule has 0 aliphatic heterocycles. The molecule has 8 nitrogen and oxygen atoms in total. The van der Waals surface area contributed by atoms with Gasteiger partial charge in [-0.15, -0.1) is 0 Å². The fourth-order valence-corrected chi connectivity index (χ4v) is 3.29. The van der Waals surface area contributed by atoms with E-state index in [9.17, 15) is 9.59 Å². The van der Waals surface area contributed by atoms with Crippen LogP contribution in [0.5, 0.6) is 0 Å². The Kier molecular flexibility index (Phi) is 3.82. The fraction of sp³-hybridized carbons (Fsp3) is 0.200. The van der Waals surface area contributed by atoms with Crippen molar-refractivity contribution < 1.29 is 9.21 Å². The number of imidazole rings is 1. The van der Waals surface area contributed by atoms with Crippen LogP contribution in [0.3, 0.4) is 0 Å². The summed E-state index contributed by atoms with van der Waals surface area (Å²) in [5, 5.41) is 10.3. The number of amides is 1. The molecule has 3 N–H and O–H groups in total. The highest BCUT2D eigenvalue weighted by atomic mass is 16.3. The molecule has 1 saturated carbocycles. The molecule has 0 bridgehead atoms. The van der Waals surface area contributed by atoms with Gasteiger partial charge in [0, 0.05) is 17.7 Å². The smallest absolute Gasteiger partial charge is 0.230 e. The van der Waals surface area contributed by atoms with Gasteiger partial charge >= 0.3 is 0 Å². The number of nitrogens with one attached hydrogen (secondary N) is 3. The number of aromatic amines is 2. The van der Waals surface area contributed by atoms with Crippen LogP contribution in [0.15, 0.2) is 52.1 Å². The molecule has 1 aliphatic rings. The third kappa shape index (κ3) is 2.98. The average Bonchev–Trinajstić information content (AvgIpc) is 3.20. The Bertz CT molecular complexity index is 1220. The van der Waals surface area contributed by atoms with E-state index in [0.717, 1.165) is 18.5 Å². The molecule has 28 heavy (non-hydrogen) atoms. The van der Waals surface area contributed by atoms with Gasteiger partial charge in [0.25, 0.3) is 0 Å². The Morgan fingerprint density at radius 1 is 1.29 bits per heavy atom. The Labute approximate surface area is 159 Å². The number of H-pyrrole nitrogens is 2. The van der Waals surface area contributed by atoms with Gasteiger partial charge in [0.05, 0.1) is 29.9 Å². The molecule has 0 atom stereocenters. The normalized spacial score (nSPS) is 13.7. The molecule has 3 heterocycles. The quantitative estimate of drug-likeness (QED) is 0.496. The van der Waals surface area contributed by atoms with Crippen molar-refractivity contribution in [2.75, 3.05) is 5.32 Å². The molecule has 0 unspecified atom stereocenters. The molecule has 140 valence electrons. The summed E-state index contributed by atoms with van der Waals surface area (Å²) < 4.78 is 5.94. The number of nitrogens with zero attached hydrogens (tertiary/aromatic N) is 2. The van der Waals surface area contributed by atoms with Crippen LogP contribution in [0.2, 0.25) is 0 Å². The summed E-state index contributed by atoms with van der Waals surface area (Å²) in [6.07, 6.45) is 5.21. The van der Waals surface area contributed by atoms with Crippen molar-refractivity contribution in [2.45, 2.75) is 25.2 Å². The van der Waals surface area contributed by atoms with Gasteiger partial charge in [-0.3, -0.25) is 14.7 Å². The van der Waals surface area contributed by atoms with E-state index in [1.54, 1.807) is 30.5 Å². The standard InChI is InChI=1S/C20H17N5O3/c26-18(23-17-8-14(24-25-17)11-5-6-11)7-13-19(27)12-3-1-2-4-16(12)28-20(13)15-9-21-10-22-15/h1-4,8-11H,5-7H2,(H,21,22)(H2,23,24,25,26). The van der Waals surface area contributed by atoms with Gasteiger partial charge in [0.2, 0.25) is 5.91 Å². The summed E-state index contributed by atoms with van der Waals surface area (Å²) in [4.78, 5) is 32.6. The summed E-state index contributed by atoms with van der Waals surface area (Å²) in [6, 6.07) is 8.82. The topological polar surface area (TPSA) is 117 Å². The van der Waals surface area contributed by atoms with E-state index in [0.29, 0.717) is 34.2 Å². The first-order chi connectivity index (χ1) is 13.7. The van der Waals surface area contributed by atoms with Crippen molar-refractivity contribution >= 4 is 22.7 Å². The zero-order valence-corrected chi connectivity index (χ0v) is 14.9. The van der Waals surface area contributed by atoms with E-state index >= 15 is 0 Å². The van der Waals surface area contributed by atoms with Gasteiger partial charge < -0.3 is 14.7 Å². The molecule has 0 spiro atoms. The molecule has 8 heteroatoms. The lowest BCUT2D eigenvalue weighted by atomic mass is 10.1. The van der Waals surface area contributed by atoms with Crippen LogP contribution in [0.25, 0.3) is 22.4 Å². The summed E-state index contributed by atoms with van der Waals surface area (Å²) in [5.74, 6) is 0.951. The molecule has 0 saturated heterocycles. The molecule has 1 aromatic carbocycles. The van der Waals surface area contributed by atoms with E-state index in [1.165, 1.54) is 6.33 Å². The van der Waals surface area contributed by atoms with Crippen LogP contribution < -0.4 is 10.7 Å². The molecular weight excluding hydrogens is 358 g/mol. The molecule has 4 aromatic rings. The number of para-hydroxylation sites is 1. The van der Waals surface area contributed by atoms with E-state index in [1.807, 2.05) is 6.07 Å². The van der Waals surface area contributed by atoms with Crippen molar-refractivity contribution in [1.29, 1.82) is 0 Å². The van der Waals surface area contributed by atoms with Gasteiger partial charge in [-0.2, -0.15) is 5.10 Å². The van der Waals surface area contributed by atoms with Crippen LogP contribution >= 0.6 is 0 Å². The van der Waals surface area contributed by atoms with Gasteiger partial charge in [0.1, 0.15) is 11.3 Å². The number of anilines is 1. The van der Waals surface area contributed by atoms with E-state index < -0.39 is 0 Å². The highest BCUT2D eigenvalue weighted by Gasteiger charge is 2.26. The van der Waals surface area contributed by atoms with Gasteiger partial charge in [-0.1, -0.05) is 12.1 Å². The maximum absolute atomic E-state index is 13.0. The van der Waals surface area contributed by atoms with E-state index in [2.05, 4.69) is 25.5 Å². The molecule has 1 amide bonds. The molecule has 0 radical (unpaired) electrons. The Morgan fingerprint density at radius 2 is 2.14 bits per heavy atom. The van der Waals surface area contributed by atoms with Crippen molar-refractivity contribution in [3.63, 3.8) is 0 Å². The molecular formula is C20H17N5O3. The summed E-state index contributed by atoms with van der Waals surface area (Å²) >= 11 is 0. The Morgan fingerprint density at radius 3 is 2.93 bits per heavy atom. The Balaban J connectivity index is 1.49. The first-order valence-corrected chi connectivity index (χ1v) is 9.07. The number of benzene rings is 1. The highest BCUT2D eigenvalue weighted by Crippen LogP contribution is 2.39. The van der Waals surface area contributed by atoms with Crippen molar-refractivity contribution in [3.8, 4) is 11.5 Å². The predicted molar refractivity (Wildman–Crippen MR) is 103 cm³/mol. The number of rotatable bonds is 5. The summed E-state index contributed by atoms with van der Waals surface area (Å²) in [6.45, 7) is 0. The van der Waals surface area contributed by atoms with Crippen molar-refractivity contribution in [1.82, 2.24) is 20.2 Å². The van der Waals surface area contributed by atoms with Crippen LogP contribution in [0, 0.1) is 0 Å². The van der Waals surface area contributed by atoms with Crippen molar-refractivity contribution in [3.05, 3.63) is 64.3 Å². The summed E-state index contributed by atoms with van der Waals surface area (Å²) in [7, 11) is 0. The number of hydrogen-bond acceptors (Lipinski definition) is 5. The molecule has 5 rings (SSSR count). The predicted octanol–water partition coefficient (Wildman–Crippen LogP) is 2.96. The zero-order valence-electron chi connectivity index (χ0n) is 14.9. The fourth-order valence-electron chi connectivity index (χ4n) is 3.29. The van der Waals surface area contributed by atoms with E-state index in [4.69, 9.17) is 4.42 Å². The van der Waals surface area contributed by atoms with Crippen LogP contribution in [-0.4, -0.2) is 26.1 Å². The minimum Gasteiger partial charge on any atom is -0.454 e. The van der Waals surface area contributed by atoms with Gasteiger partial charge in [-0.05, 0) is 25.0 Å². The molecule has 1 aliphatic carbocycles. The van der Waals surface area contributed by atoms with Crippen LogP contribution in [0.1, 0.15) is 30.0 Å². The lowest BCUT2D eigenvalue weighted by Gasteiger charge is -2.08. The number of carbonyl (C=O) groups excluding carboxylic acids is 1. The number of aromatic nitrogens is 4. The minimum absolute atomic E-state index is 0.132. The maximum atomic E-state index is 13.0. The summed E-state index contributed by atoms with van der Waals surface area (Å²) in [5.41, 5.74) is 2.07. The second-order valence-electron chi connectivity index (χ2n) is 6.91. The van der Waals surface area contributed by atoms with Crippen LogP contribution in [-0.2, 0) is 11.2 Å².